The van der Waals surface area contributed by atoms with Gasteiger partial charge in [0.2, 0.25) is 0 Å². The van der Waals surface area contributed by atoms with E-state index in [1.54, 1.807) is 6.92 Å². The Labute approximate surface area is 131 Å². The van der Waals surface area contributed by atoms with Crippen LogP contribution in [0.2, 0.25) is 0 Å². The number of aliphatic hydroxyl groups is 1. The number of nitrogens with one attached hydrogen (secondary N) is 1. The van der Waals surface area contributed by atoms with Crippen molar-refractivity contribution in [1.82, 2.24) is 24.6 Å². The number of imidazole rings is 1. The first-order valence-corrected chi connectivity index (χ1v) is 8.15. The van der Waals surface area contributed by atoms with Gasteiger partial charge in [0.15, 0.2) is 0 Å². The molecule has 2 aromatic heterocycles. The minimum Gasteiger partial charge on any atom is -0.387 e. The van der Waals surface area contributed by atoms with Crippen molar-refractivity contribution in [3.05, 3.63) is 35.2 Å². The predicted octanol–water partition coefficient (Wildman–Crippen LogP) is 2.02. The van der Waals surface area contributed by atoms with Gasteiger partial charge in [-0.2, -0.15) is 5.10 Å². The molecule has 6 nitrogen and oxygen atoms in total. The lowest BCUT2D eigenvalue weighted by molar-refractivity contribution is 0.189. The number of H-pyrrole nitrogens is 1. The SMILES string of the molecule is CCCCc1ncc(CN2CCn3nc([C@@H](C)O)cc3C2)[nH]1. The summed E-state index contributed by atoms with van der Waals surface area (Å²) in [5, 5.41) is 14.1. The Kier molecular flexibility index (Phi) is 4.59. The molecule has 2 aromatic rings. The summed E-state index contributed by atoms with van der Waals surface area (Å²) in [5.41, 5.74) is 3.11. The normalized spacial score (nSPS) is 16.7. The van der Waals surface area contributed by atoms with Gasteiger partial charge in [0.05, 0.1) is 24.0 Å². The molecule has 3 heterocycles. The Morgan fingerprint density at radius 3 is 3.05 bits per heavy atom. The van der Waals surface area contributed by atoms with Gasteiger partial charge in [-0.1, -0.05) is 13.3 Å². The monoisotopic (exact) mass is 303 g/mol. The predicted molar refractivity (Wildman–Crippen MR) is 84.2 cm³/mol. The van der Waals surface area contributed by atoms with E-state index in [0.717, 1.165) is 44.1 Å². The molecule has 0 aromatic carbocycles. The molecule has 120 valence electrons. The van der Waals surface area contributed by atoms with E-state index in [4.69, 9.17) is 0 Å². The van der Waals surface area contributed by atoms with Crippen LogP contribution in [0.4, 0.5) is 0 Å². The van der Waals surface area contributed by atoms with Gasteiger partial charge in [0.1, 0.15) is 5.82 Å². The largest absolute Gasteiger partial charge is 0.387 e. The van der Waals surface area contributed by atoms with Crippen LogP contribution in [0.1, 0.15) is 55.7 Å². The average molecular weight is 303 g/mol. The Morgan fingerprint density at radius 2 is 2.27 bits per heavy atom. The summed E-state index contributed by atoms with van der Waals surface area (Å²) < 4.78 is 2.01. The number of unbranched alkanes of at least 4 members (excludes halogenated alkanes) is 1. The van der Waals surface area contributed by atoms with Crippen LogP contribution in [0.5, 0.6) is 0 Å². The Morgan fingerprint density at radius 1 is 1.41 bits per heavy atom. The number of hydrogen-bond acceptors (Lipinski definition) is 4. The topological polar surface area (TPSA) is 70.0 Å². The number of aromatic amines is 1. The molecule has 0 aliphatic carbocycles. The van der Waals surface area contributed by atoms with Crippen molar-refractivity contribution < 1.29 is 5.11 Å². The Bertz CT molecular complexity index is 616. The molecule has 0 unspecified atom stereocenters. The highest BCUT2D eigenvalue weighted by Crippen LogP contribution is 2.19. The maximum Gasteiger partial charge on any atom is 0.106 e. The molecule has 0 fully saturated rings. The van der Waals surface area contributed by atoms with E-state index >= 15 is 0 Å². The van der Waals surface area contributed by atoms with Crippen LogP contribution in [0.15, 0.2) is 12.3 Å². The molecule has 0 saturated heterocycles. The molecule has 6 heteroatoms. The zero-order chi connectivity index (χ0) is 15.5. The van der Waals surface area contributed by atoms with Crippen molar-refractivity contribution in [2.45, 2.75) is 58.8 Å². The highest BCUT2D eigenvalue weighted by molar-refractivity contribution is 5.14. The van der Waals surface area contributed by atoms with Crippen molar-refractivity contribution in [2.75, 3.05) is 6.54 Å². The van der Waals surface area contributed by atoms with Gasteiger partial charge >= 0.3 is 0 Å². The summed E-state index contributed by atoms with van der Waals surface area (Å²) in [6.45, 7) is 7.55. The molecule has 1 aliphatic heterocycles. The van der Waals surface area contributed by atoms with E-state index < -0.39 is 6.10 Å². The molecule has 0 bridgehead atoms. The Balaban J connectivity index is 1.61. The summed E-state index contributed by atoms with van der Waals surface area (Å²) in [4.78, 5) is 10.3. The lowest BCUT2D eigenvalue weighted by atomic mass is 10.2. The molecule has 3 rings (SSSR count). The van der Waals surface area contributed by atoms with Crippen LogP contribution < -0.4 is 0 Å². The summed E-state index contributed by atoms with van der Waals surface area (Å²) in [5.74, 6) is 1.09. The van der Waals surface area contributed by atoms with Crippen LogP contribution in [0.25, 0.3) is 0 Å². The van der Waals surface area contributed by atoms with Crippen molar-refractivity contribution in [3.63, 3.8) is 0 Å². The number of rotatable bonds is 6. The number of aliphatic hydroxyl groups excluding tert-OH is 1. The highest BCUT2D eigenvalue weighted by Gasteiger charge is 2.20. The van der Waals surface area contributed by atoms with Gasteiger partial charge in [-0.3, -0.25) is 9.58 Å². The smallest absolute Gasteiger partial charge is 0.106 e. The number of nitrogens with zero attached hydrogens (tertiary/aromatic N) is 4. The molecule has 0 saturated carbocycles. The average Bonchev–Trinajstić information content (AvgIpc) is 3.11. The Hall–Kier alpha value is -1.66. The van der Waals surface area contributed by atoms with Crippen molar-refractivity contribution in [2.24, 2.45) is 0 Å². The van der Waals surface area contributed by atoms with E-state index in [1.807, 2.05) is 16.9 Å². The van der Waals surface area contributed by atoms with Crippen molar-refractivity contribution in [3.8, 4) is 0 Å². The molecule has 2 N–H and O–H groups in total. The third-order valence-electron chi connectivity index (χ3n) is 4.17. The molecule has 22 heavy (non-hydrogen) atoms. The lowest BCUT2D eigenvalue weighted by Crippen LogP contribution is -2.33. The molecule has 1 aliphatic rings. The highest BCUT2D eigenvalue weighted by atomic mass is 16.3. The zero-order valence-corrected chi connectivity index (χ0v) is 13.4. The van der Waals surface area contributed by atoms with Gasteiger partial charge in [-0.15, -0.1) is 0 Å². The summed E-state index contributed by atoms with van der Waals surface area (Å²) >= 11 is 0. The summed E-state index contributed by atoms with van der Waals surface area (Å²) in [7, 11) is 0. The third kappa shape index (κ3) is 3.39. The van der Waals surface area contributed by atoms with Crippen LogP contribution in [0.3, 0.4) is 0 Å². The molecular formula is C16H25N5O. The second kappa shape index (κ2) is 6.62. The van der Waals surface area contributed by atoms with Gasteiger partial charge in [-0.25, -0.2) is 4.98 Å². The fourth-order valence-electron chi connectivity index (χ4n) is 2.88. The standard InChI is InChI=1S/C16H25N5O/c1-3-4-5-16-17-9-13(18-16)10-20-6-7-21-14(11-20)8-15(19-21)12(2)22/h8-9,12,22H,3-7,10-11H2,1-2H3,(H,17,18)/t12-/m1/s1. The van der Waals surface area contributed by atoms with Crippen LogP contribution in [-0.4, -0.2) is 36.3 Å². The maximum atomic E-state index is 9.64. The molecular weight excluding hydrogens is 278 g/mol. The summed E-state index contributed by atoms with van der Waals surface area (Å²) in [6.07, 6.45) is 4.86. The molecule has 1 atom stereocenters. The van der Waals surface area contributed by atoms with Crippen molar-refractivity contribution in [1.29, 1.82) is 0 Å². The van der Waals surface area contributed by atoms with Crippen LogP contribution in [0, 0.1) is 0 Å². The second-order valence-electron chi connectivity index (χ2n) is 6.13. The molecule has 0 radical (unpaired) electrons. The van der Waals surface area contributed by atoms with Gasteiger partial charge in [0, 0.05) is 37.9 Å². The van der Waals surface area contributed by atoms with E-state index in [-0.39, 0.29) is 0 Å². The summed E-state index contributed by atoms with van der Waals surface area (Å²) in [6, 6.07) is 2.01. The number of fused-ring (bicyclic) bond motifs is 1. The van der Waals surface area contributed by atoms with E-state index in [9.17, 15) is 5.11 Å². The maximum absolute atomic E-state index is 9.64. The zero-order valence-electron chi connectivity index (χ0n) is 13.4. The lowest BCUT2D eigenvalue weighted by Gasteiger charge is -2.26. The van der Waals surface area contributed by atoms with E-state index in [0.29, 0.717) is 0 Å². The van der Waals surface area contributed by atoms with Gasteiger partial charge < -0.3 is 10.1 Å². The van der Waals surface area contributed by atoms with Crippen LogP contribution in [-0.2, 0) is 26.1 Å². The molecule has 0 spiro atoms. The fraction of sp³-hybridized carbons (Fsp3) is 0.625. The van der Waals surface area contributed by atoms with Crippen molar-refractivity contribution >= 4 is 0 Å². The third-order valence-corrected chi connectivity index (χ3v) is 4.17. The number of aromatic nitrogens is 4. The van der Waals surface area contributed by atoms with Gasteiger partial charge in [-0.05, 0) is 19.4 Å². The van der Waals surface area contributed by atoms with E-state index in [2.05, 4.69) is 26.9 Å². The quantitative estimate of drug-likeness (QED) is 0.856. The number of aryl methyl sites for hydroxylation is 1. The van der Waals surface area contributed by atoms with Gasteiger partial charge in [0.25, 0.3) is 0 Å². The fourth-order valence-corrected chi connectivity index (χ4v) is 2.88. The second-order valence-corrected chi connectivity index (χ2v) is 6.13. The minimum atomic E-state index is -0.500. The number of hydrogen-bond donors (Lipinski definition) is 2. The minimum absolute atomic E-state index is 0.500. The van der Waals surface area contributed by atoms with Crippen LogP contribution >= 0.6 is 0 Å². The first-order valence-electron chi connectivity index (χ1n) is 8.15. The van der Waals surface area contributed by atoms with E-state index in [1.165, 1.54) is 24.2 Å². The first-order chi connectivity index (χ1) is 10.7. The first kappa shape index (κ1) is 15.2. The molecule has 0 amide bonds.